The predicted octanol–water partition coefficient (Wildman–Crippen LogP) is 2.53. The van der Waals surface area contributed by atoms with Crippen molar-refractivity contribution in [2.24, 2.45) is 5.84 Å². The van der Waals surface area contributed by atoms with Crippen LogP contribution in [0, 0.1) is 11.3 Å². The van der Waals surface area contributed by atoms with Gasteiger partial charge in [-0.1, -0.05) is 26.0 Å². The van der Waals surface area contributed by atoms with Crippen LogP contribution in [0.4, 0.5) is 17.3 Å². The quantitative estimate of drug-likeness (QED) is 0.661. The van der Waals surface area contributed by atoms with E-state index in [-0.39, 0.29) is 5.92 Å². The summed E-state index contributed by atoms with van der Waals surface area (Å²) >= 11 is 0. The van der Waals surface area contributed by atoms with Crippen LogP contribution in [0.1, 0.15) is 30.9 Å². The molecule has 0 saturated carbocycles. The number of nitrogens with one attached hydrogen (secondary N) is 1. The fourth-order valence-electron chi connectivity index (χ4n) is 2.27. The lowest BCUT2D eigenvalue weighted by atomic mass is 10.0. The van der Waals surface area contributed by atoms with Gasteiger partial charge < -0.3 is 10.3 Å². The first-order chi connectivity index (χ1) is 10.1. The number of hydrazine groups is 1. The maximum atomic E-state index is 9.25. The van der Waals surface area contributed by atoms with Crippen LogP contribution in [0.2, 0.25) is 0 Å². The van der Waals surface area contributed by atoms with Gasteiger partial charge in [0.15, 0.2) is 0 Å². The third kappa shape index (κ3) is 2.78. The highest BCUT2D eigenvalue weighted by Gasteiger charge is 2.19. The number of nitriles is 1. The molecule has 21 heavy (non-hydrogen) atoms. The first-order valence-electron chi connectivity index (χ1n) is 6.64. The Balaban J connectivity index is 2.59. The van der Waals surface area contributed by atoms with Crippen molar-refractivity contribution < 1.29 is 0 Å². The Morgan fingerprint density at radius 1 is 1.29 bits per heavy atom. The Bertz CT molecular complexity index is 674. The average molecular weight is 282 g/mol. The van der Waals surface area contributed by atoms with Gasteiger partial charge in [-0.25, -0.2) is 15.8 Å². The van der Waals surface area contributed by atoms with E-state index >= 15 is 0 Å². The molecule has 3 N–H and O–H groups in total. The van der Waals surface area contributed by atoms with Crippen molar-refractivity contribution >= 4 is 17.3 Å². The highest BCUT2D eigenvalue weighted by Crippen LogP contribution is 2.34. The molecule has 0 spiro atoms. The Kier molecular flexibility index (Phi) is 4.36. The molecule has 1 aromatic heterocycles. The lowest BCUT2D eigenvalue weighted by Gasteiger charge is -2.24. The molecule has 108 valence electrons. The minimum Gasteiger partial charge on any atom is -0.328 e. The number of rotatable bonds is 4. The van der Waals surface area contributed by atoms with E-state index in [0.717, 1.165) is 17.1 Å². The normalized spacial score (nSPS) is 10.3. The van der Waals surface area contributed by atoms with E-state index in [2.05, 4.69) is 21.5 Å². The number of nitrogens with two attached hydrogens (primary N) is 1. The number of anilines is 3. The van der Waals surface area contributed by atoms with Crippen molar-refractivity contribution in [1.29, 1.82) is 5.26 Å². The highest BCUT2D eigenvalue weighted by atomic mass is 15.3. The Hall–Kier alpha value is -2.65. The van der Waals surface area contributed by atoms with Gasteiger partial charge in [0.1, 0.15) is 24.0 Å². The van der Waals surface area contributed by atoms with Gasteiger partial charge in [-0.05, 0) is 18.1 Å². The monoisotopic (exact) mass is 282 g/mol. The summed E-state index contributed by atoms with van der Waals surface area (Å²) in [6.07, 6.45) is 1.46. The summed E-state index contributed by atoms with van der Waals surface area (Å²) in [6.45, 7) is 4.10. The molecule has 0 amide bonds. The molecule has 0 bridgehead atoms. The van der Waals surface area contributed by atoms with E-state index < -0.39 is 0 Å². The maximum absolute atomic E-state index is 9.25. The molecular weight excluding hydrogens is 264 g/mol. The number of nitrogen functional groups attached to an aromatic ring is 1. The molecule has 0 radical (unpaired) electrons. The number of aromatic nitrogens is 2. The molecule has 2 rings (SSSR count). The Morgan fingerprint density at radius 2 is 2.00 bits per heavy atom. The molecule has 1 heterocycles. The fourth-order valence-corrected chi connectivity index (χ4v) is 2.27. The lowest BCUT2D eigenvalue weighted by Crippen LogP contribution is -2.19. The van der Waals surface area contributed by atoms with Gasteiger partial charge in [-0.2, -0.15) is 5.26 Å². The SMILES string of the molecule is CC(C)c1c(NN)ncnc1N(C)c1ccccc1C#N. The molecule has 0 fully saturated rings. The summed E-state index contributed by atoms with van der Waals surface area (Å²) < 4.78 is 0. The lowest BCUT2D eigenvalue weighted by molar-refractivity contribution is 0.839. The molecule has 6 heteroatoms. The van der Waals surface area contributed by atoms with Crippen molar-refractivity contribution in [2.75, 3.05) is 17.4 Å². The summed E-state index contributed by atoms with van der Waals surface area (Å²) in [5.41, 5.74) is 4.91. The topological polar surface area (TPSA) is 90.9 Å². The largest absolute Gasteiger partial charge is 0.328 e. The van der Waals surface area contributed by atoms with Gasteiger partial charge in [-0.15, -0.1) is 0 Å². The van der Waals surface area contributed by atoms with Crippen LogP contribution in [0.3, 0.4) is 0 Å². The van der Waals surface area contributed by atoms with Crippen LogP contribution >= 0.6 is 0 Å². The zero-order chi connectivity index (χ0) is 15.4. The van der Waals surface area contributed by atoms with Gasteiger partial charge in [0.2, 0.25) is 0 Å². The summed E-state index contributed by atoms with van der Waals surface area (Å²) in [5, 5.41) is 9.25. The van der Waals surface area contributed by atoms with E-state index in [4.69, 9.17) is 5.84 Å². The maximum Gasteiger partial charge on any atom is 0.148 e. The first kappa shape index (κ1) is 14.8. The molecule has 2 aromatic rings. The number of hydrogen-bond donors (Lipinski definition) is 2. The average Bonchev–Trinajstić information content (AvgIpc) is 2.53. The second-order valence-electron chi connectivity index (χ2n) is 4.95. The molecule has 6 nitrogen and oxygen atoms in total. The molecule has 0 unspecified atom stereocenters. The standard InChI is InChI=1S/C15H18N6/c1-10(2)13-14(20-17)18-9-19-15(13)21(3)12-7-5-4-6-11(12)8-16/h4-7,9-10H,17H2,1-3H3,(H,18,19,20). The number of benzene rings is 1. The molecule has 0 aliphatic carbocycles. The summed E-state index contributed by atoms with van der Waals surface area (Å²) in [5.74, 6) is 7.05. The van der Waals surface area contributed by atoms with Crippen LogP contribution in [0.15, 0.2) is 30.6 Å². The molecule has 0 atom stereocenters. The van der Waals surface area contributed by atoms with Gasteiger partial charge in [0.05, 0.1) is 11.3 Å². The minimum absolute atomic E-state index is 0.184. The summed E-state index contributed by atoms with van der Waals surface area (Å²) in [6, 6.07) is 9.60. The van der Waals surface area contributed by atoms with Crippen molar-refractivity contribution in [3.8, 4) is 6.07 Å². The predicted molar refractivity (Wildman–Crippen MR) is 83.2 cm³/mol. The second kappa shape index (κ2) is 6.20. The van der Waals surface area contributed by atoms with Gasteiger partial charge in [0.25, 0.3) is 0 Å². The van der Waals surface area contributed by atoms with Gasteiger partial charge >= 0.3 is 0 Å². The van der Waals surface area contributed by atoms with Gasteiger partial charge in [-0.3, -0.25) is 0 Å². The molecule has 1 aromatic carbocycles. The third-order valence-electron chi connectivity index (χ3n) is 3.28. The molecule has 0 aliphatic heterocycles. The van der Waals surface area contributed by atoms with Crippen molar-refractivity contribution in [2.45, 2.75) is 19.8 Å². The van der Waals surface area contributed by atoms with E-state index in [1.807, 2.05) is 44.0 Å². The minimum atomic E-state index is 0.184. The number of hydrogen-bond acceptors (Lipinski definition) is 6. The van der Waals surface area contributed by atoms with Crippen LogP contribution < -0.4 is 16.2 Å². The Labute approximate surface area is 124 Å². The van der Waals surface area contributed by atoms with E-state index in [9.17, 15) is 5.26 Å². The summed E-state index contributed by atoms with van der Waals surface area (Å²) in [4.78, 5) is 10.4. The van der Waals surface area contributed by atoms with Crippen LogP contribution in [-0.2, 0) is 0 Å². The van der Waals surface area contributed by atoms with Crippen molar-refractivity contribution in [3.63, 3.8) is 0 Å². The zero-order valence-corrected chi connectivity index (χ0v) is 12.3. The number of para-hydroxylation sites is 1. The first-order valence-corrected chi connectivity index (χ1v) is 6.64. The smallest absolute Gasteiger partial charge is 0.148 e. The number of nitrogens with zero attached hydrogens (tertiary/aromatic N) is 4. The van der Waals surface area contributed by atoms with Crippen LogP contribution in [0.5, 0.6) is 0 Å². The fraction of sp³-hybridized carbons (Fsp3) is 0.267. The molecular formula is C15H18N6. The van der Waals surface area contributed by atoms with E-state index in [1.165, 1.54) is 6.33 Å². The van der Waals surface area contributed by atoms with Crippen molar-refractivity contribution in [3.05, 3.63) is 41.7 Å². The third-order valence-corrected chi connectivity index (χ3v) is 3.28. The highest BCUT2D eigenvalue weighted by molar-refractivity contribution is 5.71. The van der Waals surface area contributed by atoms with Gasteiger partial charge in [0, 0.05) is 12.6 Å². The zero-order valence-electron chi connectivity index (χ0n) is 12.3. The second-order valence-corrected chi connectivity index (χ2v) is 4.95. The molecule has 0 aliphatic rings. The van der Waals surface area contributed by atoms with E-state index in [1.54, 1.807) is 6.07 Å². The van der Waals surface area contributed by atoms with Crippen LogP contribution in [0.25, 0.3) is 0 Å². The van der Waals surface area contributed by atoms with E-state index in [0.29, 0.717) is 11.4 Å². The molecule has 0 saturated heterocycles. The Morgan fingerprint density at radius 3 is 2.62 bits per heavy atom. The summed E-state index contributed by atoms with van der Waals surface area (Å²) in [7, 11) is 1.88. The van der Waals surface area contributed by atoms with Crippen molar-refractivity contribution in [1.82, 2.24) is 9.97 Å². The van der Waals surface area contributed by atoms with Crippen LogP contribution in [-0.4, -0.2) is 17.0 Å².